The summed E-state index contributed by atoms with van der Waals surface area (Å²) in [5, 5.41) is 6.51. The maximum Gasteiger partial charge on any atom is 0.296 e. The van der Waals surface area contributed by atoms with Crippen LogP contribution in [-0.2, 0) is 6.54 Å². The zero-order valence-corrected chi connectivity index (χ0v) is 12.0. The average molecular weight is 284 g/mol. The average Bonchev–Trinajstić information content (AvgIpc) is 3.04. The highest BCUT2D eigenvalue weighted by Crippen LogP contribution is 2.20. The van der Waals surface area contributed by atoms with Crippen LogP contribution in [0, 0.1) is 6.92 Å². The minimum Gasteiger partial charge on any atom is -0.351 e. The summed E-state index contributed by atoms with van der Waals surface area (Å²) < 4.78 is 6.97. The minimum atomic E-state index is -0.344. The molecule has 0 radical (unpaired) electrons. The van der Waals surface area contributed by atoms with E-state index < -0.39 is 0 Å². The number of imidazole rings is 1. The van der Waals surface area contributed by atoms with Gasteiger partial charge in [-0.1, -0.05) is 24.2 Å². The standard InChI is InChI=1S/C15H16N4O2/c1-3-8-19-12-7-5-4-6-11(12)16-15(19)17-14(20)13-9-10(2)18-21-13/h4-7,9H,3,8H2,1-2H3,(H,16,17,20). The first-order valence-electron chi connectivity index (χ1n) is 6.89. The van der Waals surface area contributed by atoms with Crippen LogP contribution >= 0.6 is 0 Å². The highest BCUT2D eigenvalue weighted by molar-refractivity contribution is 6.02. The molecule has 6 nitrogen and oxygen atoms in total. The van der Waals surface area contributed by atoms with Gasteiger partial charge in [-0.05, 0) is 25.5 Å². The smallest absolute Gasteiger partial charge is 0.296 e. The zero-order valence-electron chi connectivity index (χ0n) is 12.0. The summed E-state index contributed by atoms with van der Waals surface area (Å²) in [6.07, 6.45) is 0.949. The fourth-order valence-electron chi connectivity index (χ4n) is 2.25. The van der Waals surface area contributed by atoms with Gasteiger partial charge in [-0.25, -0.2) is 4.98 Å². The van der Waals surface area contributed by atoms with Crippen molar-refractivity contribution in [2.24, 2.45) is 0 Å². The largest absolute Gasteiger partial charge is 0.351 e. The van der Waals surface area contributed by atoms with Crippen molar-refractivity contribution >= 4 is 22.9 Å². The number of nitrogens with one attached hydrogen (secondary N) is 1. The molecule has 1 amide bonds. The zero-order chi connectivity index (χ0) is 14.8. The molecule has 0 saturated heterocycles. The first-order chi connectivity index (χ1) is 10.2. The molecule has 2 heterocycles. The Bertz CT molecular complexity index is 788. The van der Waals surface area contributed by atoms with E-state index in [1.54, 1.807) is 13.0 Å². The molecular formula is C15H16N4O2. The van der Waals surface area contributed by atoms with Crippen LogP contribution in [0.2, 0.25) is 0 Å². The maximum atomic E-state index is 12.2. The molecule has 0 bridgehead atoms. The normalized spacial score (nSPS) is 11.0. The summed E-state index contributed by atoms with van der Waals surface area (Å²) in [5.74, 6) is 0.364. The van der Waals surface area contributed by atoms with Gasteiger partial charge in [0.15, 0.2) is 0 Å². The third kappa shape index (κ3) is 2.52. The predicted octanol–water partition coefficient (Wildman–Crippen LogP) is 3.00. The molecule has 0 saturated carbocycles. The van der Waals surface area contributed by atoms with Crippen LogP contribution in [0.4, 0.5) is 5.95 Å². The summed E-state index contributed by atoms with van der Waals surface area (Å²) in [7, 11) is 0. The fraction of sp³-hybridized carbons (Fsp3) is 0.267. The van der Waals surface area contributed by atoms with E-state index in [0.29, 0.717) is 11.6 Å². The van der Waals surface area contributed by atoms with Crippen LogP contribution < -0.4 is 5.32 Å². The summed E-state index contributed by atoms with van der Waals surface area (Å²) in [6.45, 7) is 4.64. The number of aromatic nitrogens is 3. The van der Waals surface area contributed by atoms with Crippen molar-refractivity contribution < 1.29 is 9.32 Å². The lowest BCUT2D eigenvalue weighted by Gasteiger charge is -2.07. The lowest BCUT2D eigenvalue weighted by atomic mass is 10.3. The Morgan fingerprint density at radius 1 is 1.38 bits per heavy atom. The maximum absolute atomic E-state index is 12.2. The number of nitrogens with zero attached hydrogens (tertiary/aromatic N) is 3. The van der Waals surface area contributed by atoms with Crippen LogP contribution in [0.25, 0.3) is 11.0 Å². The first kappa shape index (κ1) is 13.4. The highest BCUT2D eigenvalue weighted by Gasteiger charge is 2.16. The summed E-state index contributed by atoms with van der Waals surface area (Å²) in [5.41, 5.74) is 2.53. The number of para-hydroxylation sites is 2. The van der Waals surface area contributed by atoms with Crippen LogP contribution in [0.15, 0.2) is 34.9 Å². The lowest BCUT2D eigenvalue weighted by Crippen LogP contribution is -2.15. The Hall–Kier alpha value is -2.63. The Morgan fingerprint density at radius 2 is 2.19 bits per heavy atom. The second-order valence-corrected chi connectivity index (χ2v) is 4.86. The topological polar surface area (TPSA) is 73.0 Å². The van der Waals surface area contributed by atoms with Crippen LogP contribution in [0.1, 0.15) is 29.6 Å². The van der Waals surface area contributed by atoms with E-state index in [1.165, 1.54) is 0 Å². The summed E-state index contributed by atoms with van der Waals surface area (Å²) in [6, 6.07) is 9.41. The minimum absolute atomic E-state index is 0.183. The third-order valence-corrected chi connectivity index (χ3v) is 3.18. The van der Waals surface area contributed by atoms with E-state index in [0.717, 1.165) is 24.0 Å². The van der Waals surface area contributed by atoms with Gasteiger partial charge in [-0.2, -0.15) is 0 Å². The number of anilines is 1. The molecule has 21 heavy (non-hydrogen) atoms. The van der Waals surface area contributed by atoms with Crippen molar-refractivity contribution in [1.82, 2.24) is 14.7 Å². The van der Waals surface area contributed by atoms with Crippen molar-refractivity contribution in [3.63, 3.8) is 0 Å². The summed E-state index contributed by atoms with van der Waals surface area (Å²) in [4.78, 5) is 16.6. The molecule has 3 aromatic rings. The van der Waals surface area contributed by atoms with Crippen molar-refractivity contribution in [2.45, 2.75) is 26.8 Å². The summed E-state index contributed by atoms with van der Waals surface area (Å²) >= 11 is 0. The van der Waals surface area contributed by atoms with Gasteiger partial charge in [-0.15, -0.1) is 0 Å². The number of benzene rings is 1. The molecule has 108 valence electrons. The number of amides is 1. The van der Waals surface area contributed by atoms with Gasteiger partial charge in [0.25, 0.3) is 5.91 Å². The van der Waals surface area contributed by atoms with Crippen molar-refractivity contribution in [2.75, 3.05) is 5.32 Å². The molecule has 0 atom stereocenters. The van der Waals surface area contributed by atoms with E-state index in [9.17, 15) is 4.79 Å². The second kappa shape index (κ2) is 5.40. The predicted molar refractivity (Wildman–Crippen MR) is 79.2 cm³/mol. The van der Waals surface area contributed by atoms with E-state index >= 15 is 0 Å². The first-order valence-corrected chi connectivity index (χ1v) is 6.89. The SMILES string of the molecule is CCCn1c(NC(=O)c2cc(C)no2)nc2ccccc21. The molecular weight excluding hydrogens is 268 g/mol. The fourth-order valence-corrected chi connectivity index (χ4v) is 2.25. The molecule has 1 aromatic carbocycles. The molecule has 0 unspecified atom stereocenters. The van der Waals surface area contributed by atoms with Crippen molar-refractivity contribution in [3.8, 4) is 0 Å². The number of aryl methyl sites for hydroxylation is 2. The Balaban J connectivity index is 1.96. The van der Waals surface area contributed by atoms with E-state index in [1.807, 2.05) is 28.8 Å². The third-order valence-electron chi connectivity index (χ3n) is 3.18. The molecule has 0 fully saturated rings. The monoisotopic (exact) mass is 284 g/mol. The van der Waals surface area contributed by atoms with Crippen LogP contribution in [-0.4, -0.2) is 20.6 Å². The van der Waals surface area contributed by atoms with Gasteiger partial charge in [-0.3, -0.25) is 10.1 Å². The van der Waals surface area contributed by atoms with Crippen molar-refractivity contribution in [3.05, 3.63) is 41.8 Å². The number of hydrogen-bond donors (Lipinski definition) is 1. The molecule has 1 N–H and O–H groups in total. The second-order valence-electron chi connectivity index (χ2n) is 4.86. The number of carbonyl (C=O) groups excluding carboxylic acids is 1. The number of fused-ring (bicyclic) bond motifs is 1. The van der Waals surface area contributed by atoms with Crippen molar-refractivity contribution in [1.29, 1.82) is 0 Å². The van der Waals surface area contributed by atoms with Gasteiger partial charge in [0.2, 0.25) is 11.7 Å². The van der Waals surface area contributed by atoms with Crippen LogP contribution in [0.3, 0.4) is 0 Å². The van der Waals surface area contributed by atoms with Gasteiger partial charge in [0, 0.05) is 12.6 Å². The number of hydrogen-bond acceptors (Lipinski definition) is 4. The Labute approximate surface area is 121 Å². The van der Waals surface area contributed by atoms with Gasteiger partial charge < -0.3 is 9.09 Å². The Morgan fingerprint density at radius 3 is 2.90 bits per heavy atom. The molecule has 0 spiro atoms. The molecule has 6 heteroatoms. The highest BCUT2D eigenvalue weighted by atomic mass is 16.5. The molecule has 3 rings (SSSR count). The van der Waals surface area contributed by atoms with E-state index in [-0.39, 0.29) is 11.7 Å². The van der Waals surface area contributed by atoms with Gasteiger partial charge in [0.05, 0.1) is 16.7 Å². The molecule has 0 aliphatic heterocycles. The Kier molecular flexibility index (Phi) is 3.43. The molecule has 0 aliphatic rings. The van der Waals surface area contributed by atoms with E-state index in [4.69, 9.17) is 4.52 Å². The number of rotatable bonds is 4. The van der Waals surface area contributed by atoms with Gasteiger partial charge >= 0.3 is 0 Å². The van der Waals surface area contributed by atoms with E-state index in [2.05, 4.69) is 22.4 Å². The van der Waals surface area contributed by atoms with Crippen LogP contribution in [0.5, 0.6) is 0 Å². The molecule has 2 aromatic heterocycles. The number of carbonyl (C=O) groups is 1. The van der Waals surface area contributed by atoms with Gasteiger partial charge in [0.1, 0.15) is 0 Å². The molecule has 0 aliphatic carbocycles. The quantitative estimate of drug-likeness (QED) is 0.799. The lowest BCUT2D eigenvalue weighted by molar-refractivity contribution is 0.0986.